The molecule has 2 aromatic rings. The highest BCUT2D eigenvalue weighted by atomic mass is 16.4. The van der Waals surface area contributed by atoms with Gasteiger partial charge in [0.1, 0.15) is 5.69 Å². The Balaban J connectivity index is 2.83. The molecule has 2 rings (SSSR count). The molecule has 0 saturated carbocycles. The molecule has 1 aromatic heterocycles. The van der Waals surface area contributed by atoms with Gasteiger partial charge in [-0.3, -0.25) is 0 Å². The molecule has 3 heteroatoms. The van der Waals surface area contributed by atoms with Gasteiger partial charge >= 0.3 is 5.97 Å². The fraction of sp³-hybridized carbons (Fsp3) is 0.308. The number of fused-ring (bicyclic) bond motifs is 1. The summed E-state index contributed by atoms with van der Waals surface area (Å²) < 4.78 is 1.74. The van der Waals surface area contributed by atoms with Gasteiger partial charge in [0.15, 0.2) is 0 Å². The van der Waals surface area contributed by atoms with Crippen molar-refractivity contribution >= 4 is 16.9 Å². The summed E-state index contributed by atoms with van der Waals surface area (Å²) in [4.78, 5) is 11.1. The molecule has 3 nitrogen and oxygen atoms in total. The minimum absolute atomic E-state index is 0.378. The summed E-state index contributed by atoms with van der Waals surface area (Å²) in [7, 11) is 1.80. The Morgan fingerprint density at radius 3 is 2.69 bits per heavy atom. The molecule has 0 spiro atoms. The predicted molar refractivity (Wildman–Crippen MR) is 64.0 cm³/mol. The van der Waals surface area contributed by atoms with Gasteiger partial charge in [0, 0.05) is 18.0 Å². The monoisotopic (exact) mass is 217 g/mol. The maximum absolute atomic E-state index is 11.1. The van der Waals surface area contributed by atoms with Gasteiger partial charge in [-0.05, 0) is 36.6 Å². The Morgan fingerprint density at radius 2 is 2.12 bits per heavy atom. The van der Waals surface area contributed by atoms with E-state index in [1.54, 1.807) is 11.6 Å². The Labute approximate surface area is 94.3 Å². The van der Waals surface area contributed by atoms with Crippen LogP contribution in [0.4, 0.5) is 0 Å². The number of carboxylic acid groups (broad SMARTS) is 1. The van der Waals surface area contributed by atoms with E-state index < -0.39 is 5.97 Å². The molecule has 1 aromatic carbocycles. The van der Waals surface area contributed by atoms with Crippen molar-refractivity contribution in [3.8, 4) is 0 Å². The van der Waals surface area contributed by atoms with E-state index >= 15 is 0 Å². The number of aryl methyl sites for hydroxylation is 3. The lowest BCUT2D eigenvalue weighted by molar-refractivity contribution is 0.0686. The highest BCUT2D eigenvalue weighted by Crippen LogP contribution is 2.25. The van der Waals surface area contributed by atoms with E-state index in [0.29, 0.717) is 5.69 Å². The van der Waals surface area contributed by atoms with Crippen LogP contribution in [0, 0.1) is 6.92 Å². The number of carbonyl (C=O) groups is 1. The second-order valence-electron chi connectivity index (χ2n) is 4.04. The second-order valence-corrected chi connectivity index (χ2v) is 4.04. The smallest absolute Gasteiger partial charge is 0.352 e. The third kappa shape index (κ3) is 1.40. The molecule has 16 heavy (non-hydrogen) atoms. The summed E-state index contributed by atoms with van der Waals surface area (Å²) in [5.74, 6) is -0.866. The fourth-order valence-corrected chi connectivity index (χ4v) is 2.20. The minimum atomic E-state index is -0.866. The van der Waals surface area contributed by atoms with E-state index in [4.69, 9.17) is 5.11 Å². The van der Waals surface area contributed by atoms with Crippen molar-refractivity contribution < 1.29 is 9.90 Å². The van der Waals surface area contributed by atoms with E-state index in [0.717, 1.165) is 22.9 Å². The van der Waals surface area contributed by atoms with Crippen LogP contribution in [0.25, 0.3) is 10.9 Å². The average Bonchev–Trinajstić information content (AvgIpc) is 2.51. The SMILES string of the molecule is CCc1ccc2c(c1)c(C)c(C(=O)O)n2C. The summed E-state index contributed by atoms with van der Waals surface area (Å²) in [6.07, 6.45) is 0.965. The first-order valence-corrected chi connectivity index (χ1v) is 5.37. The number of benzene rings is 1. The zero-order valence-electron chi connectivity index (χ0n) is 9.74. The van der Waals surface area contributed by atoms with Crippen molar-refractivity contribution in [3.63, 3.8) is 0 Å². The molecule has 0 unspecified atom stereocenters. The zero-order chi connectivity index (χ0) is 11.9. The Kier molecular flexibility index (Phi) is 2.46. The number of hydrogen-bond acceptors (Lipinski definition) is 1. The quantitative estimate of drug-likeness (QED) is 0.840. The van der Waals surface area contributed by atoms with E-state index in [-0.39, 0.29) is 0 Å². The van der Waals surface area contributed by atoms with Gasteiger partial charge in [0.05, 0.1) is 0 Å². The largest absolute Gasteiger partial charge is 0.477 e. The van der Waals surface area contributed by atoms with Gasteiger partial charge in [-0.2, -0.15) is 0 Å². The van der Waals surface area contributed by atoms with Crippen molar-refractivity contribution in [2.24, 2.45) is 7.05 Å². The minimum Gasteiger partial charge on any atom is -0.477 e. The van der Waals surface area contributed by atoms with Gasteiger partial charge in [-0.1, -0.05) is 13.0 Å². The Bertz CT molecular complexity index is 567. The molecular formula is C13H15NO2. The summed E-state index contributed by atoms with van der Waals surface area (Å²) in [5, 5.41) is 10.2. The molecule has 1 N–H and O–H groups in total. The molecule has 0 saturated heterocycles. The molecule has 0 fully saturated rings. The van der Waals surface area contributed by atoms with E-state index in [1.165, 1.54) is 5.56 Å². The third-order valence-corrected chi connectivity index (χ3v) is 3.13. The number of nitrogens with zero attached hydrogens (tertiary/aromatic N) is 1. The molecular weight excluding hydrogens is 202 g/mol. The van der Waals surface area contributed by atoms with Crippen molar-refractivity contribution in [2.75, 3.05) is 0 Å². The van der Waals surface area contributed by atoms with E-state index in [2.05, 4.69) is 13.0 Å². The molecule has 0 aliphatic rings. The van der Waals surface area contributed by atoms with Gasteiger partial charge in [-0.15, -0.1) is 0 Å². The molecule has 84 valence electrons. The summed E-state index contributed by atoms with van der Waals surface area (Å²) in [5.41, 5.74) is 3.44. The van der Waals surface area contributed by atoms with Crippen LogP contribution < -0.4 is 0 Å². The van der Waals surface area contributed by atoms with Crippen LogP contribution in [0.3, 0.4) is 0 Å². The first-order chi connectivity index (χ1) is 7.56. The number of carboxylic acids is 1. The fourth-order valence-electron chi connectivity index (χ4n) is 2.20. The van der Waals surface area contributed by atoms with E-state index in [9.17, 15) is 4.79 Å². The first kappa shape index (κ1) is 10.7. The lowest BCUT2D eigenvalue weighted by Crippen LogP contribution is -2.05. The predicted octanol–water partition coefficient (Wildman–Crippen LogP) is 2.75. The van der Waals surface area contributed by atoms with Crippen LogP contribution in [0.5, 0.6) is 0 Å². The molecule has 0 aliphatic carbocycles. The zero-order valence-corrected chi connectivity index (χ0v) is 9.74. The lowest BCUT2D eigenvalue weighted by Gasteiger charge is -2.00. The maximum Gasteiger partial charge on any atom is 0.352 e. The highest BCUT2D eigenvalue weighted by Gasteiger charge is 2.17. The molecule has 0 amide bonds. The molecule has 1 heterocycles. The first-order valence-electron chi connectivity index (χ1n) is 5.37. The number of rotatable bonds is 2. The van der Waals surface area contributed by atoms with Crippen LogP contribution in [0.2, 0.25) is 0 Å². The standard InChI is InChI=1S/C13H15NO2/c1-4-9-5-6-11-10(7-9)8(2)12(13(15)16)14(11)3/h5-7H,4H2,1-3H3,(H,15,16). The van der Waals surface area contributed by atoms with Crippen LogP contribution in [-0.4, -0.2) is 15.6 Å². The summed E-state index contributed by atoms with van der Waals surface area (Å²) >= 11 is 0. The topological polar surface area (TPSA) is 42.2 Å². The number of hydrogen-bond donors (Lipinski definition) is 1. The number of aromatic carboxylic acids is 1. The maximum atomic E-state index is 11.1. The normalized spacial score (nSPS) is 10.9. The second kappa shape index (κ2) is 3.67. The van der Waals surface area contributed by atoms with Gasteiger partial charge in [-0.25, -0.2) is 4.79 Å². The van der Waals surface area contributed by atoms with Crippen LogP contribution in [0.15, 0.2) is 18.2 Å². The van der Waals surface area contributed by atoms with Crippen molar-refractivity contribution in [1.29, 1.82) is 0 Å². The lowest BCUT2D eigenvalue weighted by atomic mass is 10.1. The molecule has 0 atom stereocenters. The Morgan fingerprint density at radius 1 is 1.44 bits per heavy atom. The van der Waals surface area contributed by atoms with Gasteiger partial charge in [0.2, 0.25) is 0 Å². The molecule has 0 aliphatic heterocycles. The van der Waals surface area contributed by atoms with Crippen molar-refractivity contribution in [3.05, 3.63) is 35.0 Å². The molecule has 0 bridgehead atoms. The molecule has 0 radical (unpaired) electrons. The third-order valence-electron chi connectivity index (χ3n) is 3.13. The van der Waals surface area contributed by atoms with E-state index in [1.807, 2.05) is 19.1 Å². The Hall–Kier alpha value is -1.77. The van der Waals surface area contributed by atoms with Gasteiger partial charge < -0.3 is 9.67 Å². The highest BCUT2D eigenvalue weighted by molar-refractivity contribution is 5.98. The van der Waals surface area contributed by atoms with Crippen LogP contribution >= 0.6 is 0 Å². The summed E-state index contributed by atoms with van der Waals surface area (Å²) in [6.45, 7) is 3.96. The van der Waals surface area contributed by atoms with Crippen molar-refractivity contribution in [2.45, 2.75) is 20.3 Å². The van der Waals surface area contributed by atoms with Crippen LogP contribution in [0.1, 0.15) is 28.5 Å². The number of aromatic nitrogens is 1. The van der Waals surface area contributed by atoms with Crippen LogP contribution in [-0.2, 0) is 13.5 Å². The summed E-state index contributed by atoms with van der Waals surface area (Å²) in [6, 6.07) is 6.12. The average molecular weight is 217 g/mol. The van der Waals surface area contributed by atoms with Crippen molar-refractivity contribution in [1.82, 2.24) is 4.57 Å². The van der Waals surface area contributed by atoms with Gasteiger partial charge in [0.25, 0.3) is 0 Å².